The van der Waals surface area contributed by atoms with E-state index in [9.17, 15) is 9.59 Å². The first kappa shape index (κ1) is 15.0. The fourth-order valence-corrected chi connectivity index (χ4v) is 2.43. The predicted octanol–water partition coefficient (Wildman–Crippen LogP) is 2.54. The van der Waals surface area contributed by atoms with Gasteiger partial charge in [0.1, 0.15) is 6.61 Å². The van der Waals surface area contributed by atoms with E-state index in [0.29, 0.717) is 10.0 Å². The number of aliphatic carboxylic acids is 1. The summed E-state index contributed by atoms with van der Waals surface area (Å²) in [4.78, 5) is 28.4. The van der Waals surface area contributed by atoms with Gasteiger partial charge in [-0.05, 0) is 5.56 Å². The molecule has 1 heterocycles. The molecule has 2 rings (SSSR count). The van der Waals surface area contributed by atoms with E-state index in [1.807, 2.05) is 30.3 Å². The Bertz CT molecular complexity index is 627. The lowest BCUT2D eigenvalue weighted by molar-refractivity contribution is -0.136. The summed E-state index contributed by atoms with van der Waals surface area (Å²) in [6.45, 7) is 0.178. The van der Waals surface area contributed by atoms with Crippen molar-refractivity contribution in [1.29, 1.82) is 0 Å². The van der Waals surface area contributed by atoms with Crippen LogP contribution in [0.3, 0.4) is 0 Å². The third kappa shape index (κ3) is 4.28. The minimum absolute atomic E-state index is 0.107. The second kappa shape index (κ2) is 6.85. The lowest BCUT2D eigenvalue weighted by Crippen LogP contribution is -2.26. The van der Waals surface area contributed by atoms with Crippen LogP contribution >= 0.6 is 11.3 Å². The molecule has 7 heteroatoms. The molecule has 0 aliphatic heterocycles. The second-order valence-corrected chi connectivity index (χ2v) is 5.37. The van der Waals surface area contributed by atoms with E-state index < -0.39 is 12.1 Å². The molecule has 2 aromatic rings. The molecule has 0 saturated heterocycles. The zero-order valence-corrected chi connectivity index (χ0v) is 12.2. The number of rotatable bonds is 5. The monoisotopic (exact) mass is 306 g/mol. The van der Waals surface area contributed by atoms with Crippen molar-refractivity contribution in [2.24, 2.45) is 0 Å². The molecular formula is C14H14N2O4S. The van der Waals surface area contributed by atoms with Gasteiger partial charge in [-0.1, -0.05) is 30.3 Å². The van der Waals surface area contributed by atoms with E-state index >= 15 is 0 Å². The molecule has 1 aromatic carbocycles. The fourth-order valence-electron chi connectivity index (χ4n) is 1.58. The van der Waals surface area contributed by atoms with Gasteiger partial charge in [-0.15, -0.1) is 11.3 Å². The Morgan fingerprint density at radius 3 is 2.71 bits per heavy atom. The highest BCUT2D eigenvalue weighted by Crippen LogP contribution is 2.22. The van der Waals surface area contributed by atoms with E-state index in [1.54, 1.807) is 0 Å². The van der Waals surface area contributed by atoms with Crippen molar-refractivity contribution in [1.82, 2.24) is 4.98 Å². The molecule has 1 N–H and O–H groups in total. The highest BCUT2D eigenvalue weighted by Gasteiger charge is 2.16. The number of hydrogen-bond acceptors (Lipinski definition) is 5. The van der Waals surface area contributed by atoms with Gasteiger partial charge in [0.15, 0.2) is 5.13 Å². The number of carboxylic acids is 1. The summed E-state index contributed by atoms with van der Waals surface area (Å²) in [7, 11) is 1.54. The minimum atomic E-state index is -0.931. The third-order valence-corrected chi connectivity index (χ3v) is 3.71. The smallest absolute Gasteiger partial charge is 0.416 e. The number of benzene rings is 1. The van der Waals surface area contributed by atoms with Crippen molar-refractivity contribution in [2.45, 2.75) is 13.0 Å². The van der Waals surface area contributed by atoms with Crippen LogP contribution in [0.2, 0.25) is 0 Å². The van der Waals surface area contributed by atoms with Gasteiger partial charge in [-0.3, -0.25) is 9.69 Å². The van der Waals surface area contributed by atoms with Crippen molar-refractivity contribution in [2.75, 3.05) is 11.9 Å². The van der Waals surface area contributed by atoms with Gasteiger partial charge in [-0.25, -0.2) is 9.78 Å². The Hall–Kier alpha value is -2.41. The van der Waals surface area contributed by atoms with Crippen LogP contribution in [0.4, 0.5) is 9.93 Å². The summed E-state index contributed by atoms with van der Waals surface area (Å²) in [6, 6.07) is 9.35. The summed E-state index contributed by atoms with van der Waals surface area (Å²) >= 11 is 1.15. The standard InChI is InChI=1S/C14H14N2O4S/c1-16(13-15-8-11(21-13)7-12(17)18)14(19)20-9-10-5-3-2-4-6-10/h2-6,8H,7,9H2,1H3,(H,17,18). The maximum absolute atomic E-state index is 11.9. The van der Waals surface area contributed by atoms with E-state index in [0.717, 1.165) is 16.9 Å². The van der Waals surface area contributed by atoms with Crippen LogP contribution in [0.25, 0.3) is 0 Å². The van der Waals surface area contributed by atoms with Gasteiger partial charge in [0, 0.05) is 18.1 Å². The van der Waals surface area contributed by atoms with Crippen LogP contribution in [0.5, 0.6) is 0 Å². The lowest BCUT2D eigenvalue weighted by Gasteiger charge is -2.13. The first-order valence-corrected chi connectivity index (χ1v) is 6.99. The molecule has 0 aliphatic rings. The van der Waals surface area contributed by atoms with Crippen molar-refractivity contribution in [3.05, 3.63) is 47.0 Å². The lowest BCUT2D eigenvalue weighted by atomic mass is 10.2. The summed E-state index contributed by atoms with van der Waals surface area (Å²) in [5, 5.41) is 9.11. The normalized spacial score (nSPS) is 10.1. The van der Waals surface area contributed by atoms with Crippen molar-refractivity contribution >= 4 is 28.5 Å². The quantitative estimate of drug-likeness (QED) is 0.918. The van der Waals surface area contributed by atoms with Gasteiger partial charge in [0.05, 0.1) is 6.42 Å². The first-order valence-electron chi connectivity index (χ1n) is 6.17. The Labute approximate surface area is 125 Å². The molecular weight excluding hydrogens is 292 g/mol. The Morgan fingerprint density at radius 1 is 1.33 bits per heavy atom. The molecule has 0 atom stereocenters. The number of amides is 1. The van der Waals surface area contributed by atoms with Crippen LogP contribution in [0, 0.1) is 0 Å². The number of thiazole rings is 1. The molecule has 21 heavy (non-hydrogen) atoms. The predicted molar refractivity (Wildman–Crippen MR) is 78.5 cm³/mol. The van der Waals surface area contributed by atoms with E-state index in [-0.39, 0.29) is 13.0 Å². The number of ether oxygens (including phenoxy) is 1. The van der Waals surface area contributed by atoms with Gasteiger partial charge >= 0.3 is 12.1 Å². The maximum atomic E-state index is 11.9. The Morgan fingerprint density at radius 2 is 2.05 bits per heavy atom. The van der Waals surface area contributed by atoms with Crippen molar-refractivity contribution in [3.8, 4) is 0 Å². The Kier molecular flexibility index (Phi) is 4.89. The molecule has 0 aliphatic carbocycles. The fraction of sp³-hybridized carbons (Fsp3) is 0.214. The molecule has 6 nitrogen and oxygen atoms in total. The average Bonchev–Trinajstić information content (AvgIpc) is 2.92. The minimum Gasteiger partial charge on any atom is -0.481 e. The summed E-state index contributed by atoms with van der Waals surface area (Å²) < 4.78 is 5.17. The molecule has 0 radical (unpaired) electrons. The summed E-state index contributed by atoms with van der Waals surface area (Å²) in [5.41, 5.74) is 0.893. The van der Waals surface area contributed by atoms with Crippen LogP contribution in [-0.4, -0.2) is 29.2 Å². The largest absolute Gasteiger partial charge is 0.481 e. The zero-order chi connectivity index (χ0) is 15.2. The molecule has 0 fully saturated rings. The van der Waals surface area contributed by atoms with Crippen molar-refractivity contribution in [3.63, 3.8) is 0 Å². The number of aromatic nitrogens is 1. The first-order chi connectivity index (χ1) is 10.1. The van der Waals surface area contributed by atoms with Gasteiger partial charge < -0.3 is 9.84 Å². The topological polar surface area (TPSA) is 79.7 Å². The van der Waals surface area contributed by atoms with E-state index in [2.05, 4.69) is 4.98 Å². The molecule has 0 bridgehead atoms. The van der Waals surface area contributed by atoms with Crippen LogP contribution in [0.1, 0.15) is 10.4 Å². The van der Waals surface area contributed by atoms with E-state index in [1.165, 1.54) is 18.1 Å². The van der Waals surface area contributed by atoms with Gasteiger partial charge in [0.2, 0.25) is 0 Å². The number of anilines is 1. The molecule has 0 spiro atoms. The number of nitrogens with zero attached hydrogens (tertiary/aromatic N) is 2. The number of carboxylic acid groups (broad SMARTS) is 1. The number of carbonyl (C=O) groups is 2. The number of hydrogen-bond donors (Lipinski definition) is 1. The summed E-state index contributed by atoms with van der Waals surface area (Å²) in [6.07, 6.45) is 0.815. The average molecular weight is 306 g/mol. The van der Waals surface area contributed by atoms with Crippen molar-refractivity contribution < 1.29 is 19.4 Å². The summed E-state index contributed by atoms with van der Waals surface area (Å²) in [5.74, 6) is -0.931. The molecule has 1 amide bonds. The molecule has 1 aromatic heterocycles. The van der Waals surface area contributed by atoms with Crippen LogP contribution < -0.4 is 4.90 Å². The number of carbonyl (C=O) groups excluding carboxylic acids is 1. The third-order valence-electron chi connectivity index (χ3n) is 2.63. The SMILES string of the molecule is CN(C(=O)OCc1ccccc1)c1ncc(CC(=O)O)s1. The Balaban J connectivity index is 1.92. The highest BCUT2D eigenvalue weighted by atomic mass is 32.1. The zero-order valence-electron chi connectivity index (χ0n) is 11.4. The second-order valence-electron chi connectivity index (χ2n) is 4.28. The van der Waals surface area contributed by atoms with E-state index in [4.69, 9.17) is 9.84 Å². The van der Waals surface area contributed by atoms with Gasteiger partial charge in [-0.2, -0.15) is 0 Å². The molecule has 0 unspecified atom stereocenters. The highest BCUT2D eigenvalue weighted by molar-refractivity contribution is 7.15. The van der Waals surface area contributed by atoms with Gasteiger partial charge in [0.25, 0.3) is 0 Å². The maximum Gasteiger partial charge on any atom is 0.416 e. The van der Waals surface area contributed by atoms with Crippen LogP contribution in [-0.2, 0) is 22.6 Å². The van der Waals surface area contributed by atoms with Crippen LogP contribution in [0.15, 0.2) is 36.5 Å². The molecule has 110 valence electrons. The molecule has 0 saturated carbocycles.